The van der Waals surface area contributed by atoms with Crippen molar-refractivity contribution in [3.05, 3.63) is 203 Å². The van der Waals surface area contributed by atoms with Gasteiger partial charge >= 0.3 is 279 Å². The van der Waals surface area contributed by atoms with Crippen molar-refractivity contribution < 1.29 is 0 Å². The van der Waals surface area contributed by atoms with Gasteiger partial charge in [-0.25, -0.2) is 0 Å². The van der Waals surface area contributed by atoms with Gasteiger partial charge in [0.1, 0.15) is 0 Å². The van der Waals surface area contributed by atoms with E-state index in [0.717, 1.165) is 6.42 Å². The summed E-state index contributed by atoms with van der Waals surface area (Å²) in [6.45, 7) is 0. The minimum atomic E-state index is -0.161. The molecule has 0 unspecified atom stereocenters. The predicted molar refractivity (Wildman–Crippen MR) is 191 cm³/mol. The van der Waals surface area contributed by atoms with Crippen molar-refractivity contribution in [3.8, 4) is 0 Å². The van der Waals surface area contributed by atoms with E-state index in [1.165, 1.54) is 67.9 Å². The van der Waals surface area contributed by atoms with Crippen LogP contribution in [0.2, 0.25) is 0 Å². The second-order valence-electron chi connectivity index (χ2n) is 12.1. The number of allylic oxidation sites excluding steroid dienone is 4. The Morgan fingerprint density at radius 3 is 1.42 bits per heavy atom. The van der Waals surface area contributed by atoms with Gasteiger partial charge in [0.15, 0.2) is 0 Å². The average Bonchev–Trinajstić information content (AvgIpc) is 3.52. The zero-order chi connectivity index (χ0) is 29.8. The number of hydrogen-bond acceptors (Lipinski definition) is 0. The van der Waals surface area contributed by atoms with Crippen molar-refractivity contribution in [2.75, 3.05) is 0 Å². The molecule has 45 heavy (non-hydrogen) atoms. The van der Waals surface area contributed by atoms with Gasteiger partial charge < -0.3 is 0 Å². The van der Waals surface area contributed by atoms with Gasteiger partial charge in [0, 0.05) is 0 Å². The summed E-state index contributed by atoms with van der Waals surface area (Å²) in [5, 5.41) is 0. The van der Waals surface area contributed by atoms with Crippen LogP contribution in [0.15, 0.2) is 169 Å². The van der Waals surface area contributed by atoms with E-state index < -0.39 is 0 Å². The van der Waals surface area contributed by atoms with E-state index in [9.17, 15) is 0 Å². The molecule has 0 aliphatic heterocycles. The molecule has 0 N–H and O–H groups in total. The number of benzene rings is 6. The van der Waals surface area contributed by atoms with Gasteiger partial charge in [-0.1, -0.05) is 0 Å². The van der Waals surface area contributed by atoms with Crippen molar-refractivity contribution in [3.63, 3.8) is 0 Å². The van der Waals surface area contributed by atoms with Gasteiger partial charge in [-0.05, 0) is 0 Å². The zero-order valence-electron chi connectivity index (χ0n) is 24.7. The molecule has 6 aromatic rings. The summed E-state index contributed by atoms with van der Waals surface area (Å²) in [4.78, 5) is 0. The molecule has 10 rings (SSSR count). The van der Waals surface area contributed by atoms with Crippen molar-refractivity contribution in [2.24, 2.45) is 0 Å². The van der Waals surface area contributed by atoms with Gasteiger partial charge in [0.2, 0.25) is 0 Å². The van der Waals surface area contributed by atoms with Crippen molar-refractivity contribution in [2.45, 2.75) is 17.8 Å². The summed E-state index contributed by atoms with van der Waals surface area (Å²) < 4.78 is 5.66. The fraction of sp³-hybridized carbons (Fsp3) is 0.0698. The van der Waals surface area contributed by atoms with Crippen LogP contribution in [0, 0.1) is 0 Å². The Hall–Kier alpha value is -4.16. The quantitative estimate of drug-likeness (QED) is 0.170. The van der Waals surface area contributed by atoms with E-state index in [1.54, 1.807) is 0 Å². The molecule has 0 aromatic heterocycles. The van der Waals surface area contributed by atoms with E-state index in [-0.39, 0.29) is 11.3 Å². The van der Waals surface area contributed by atoms with Gasteiger partial charge in [-0.15, -0.1) is 0 Å². The summed E-state index contributed by atoms with van der Waals surface area (Å²) in [5.74, 6) is 0.242. The third-order valence-corrected chi connectivity index (χ3v) is 13.9. The SMILES string of the molecule is C1=C(c2ccc([Se]c3ccccc3)cc2)CC23C1=C(c1ccc([Se]c4ccccc4)cc1)C(c1ccccc12)c1ccccc13. The monoisotopic (exact) mass is 706 g/mol. The van der Waals surface area contributed by atoms with Crippen molar-refractivity contribution in [1.29, 1.82) is 0 Å². The zero-order valence-corrected chi connectivity index (χ0v) is 28.1. The molecular weight excluding hydrogens is 674 g/mol. The first-order valence-corrected chi connectivity index (χ1v) is 19.0. The van der Waals surface area contributed by atoms with E-state index in [0.29, 0.717) is 29.9 Å². The molecule has 0 heterocycles. The third kappa shape index (κ3) is 4.48. The fourth-order valence-corrected chi connectivity index (χ4v) is 11.3. The normalized spacial score (nSPS) is 19.1. The van der Waals surface area contributed by atoms with E-state index in [1.807, 2.05) is 0 Å². The Bertz CT molecular complexity index is 2060. The summed E-state index contributed by atoms with van der Waals surface area (Å²) in [6.07, 6.45) is 3.55. The first-order chi connectivity index (χ1) is 22.3. The van der Waals surface area contributed by atoms with Crippen LogP contribution in [0.1, 0.15) is 45.7 Å². The van der Waals surface area contributed by atoms with Crippen LogP contribution in [0.4, 0.5) is 0 Å². The van der Waals surface area contributed by atoms with Gasteiger partial charge in [0.05, 0.1) is 0 Å². The van der Waals surface area contributed by atoms with Crippen LogP contribution in [0.5, 0.6) is 0 Å². The minimum absolute atomic E-state index is 0.161. The molecule has 0 saturated carbocycles. The molecular formula is C43H30Se2. The topological polar surface area (TPSA) is 0 Å². The van der Waals surface area contributed by atoms with Crippen molar-refractivity contribution >= 4 is 58.9 Å². The molecule has 2 bridgehead atoms. The molecule has 0 atom stereocenters. The molecule has 6 aromatic carbocycles. The molecule has 4 aliphatic carbocycles. The number of rotatable bonds is 6. The second kappa shape index (κ2) is 11.0. The van der Waals surface area contributed by atoms with E-state index >= 15 is 0 Å². The molecule has 0 fully saturated rings. The van der Waals surface area contributed by atoms with E-state index in [4.69, 9.17) is 0 Å². The summed E-state index contributed by atoms with van der Waals surface area (Å²) in [7, 11) is 0. The van der Waals surface area contributed by atoms with Crippen LogP contribution in [-0.4, -0.2) is 29.9 Å². The van der Waals surface area contributed by atoms with Crippen molar-refractivity contribution in [1.82, 2.24) is 0 Å². The summed E-state index contributed by atoms with van der Waals surface area (Å²) in [5.41, 5.74) is 12.9. The van der Waals surface area contributed by atoms with Crippen LogP contribution in [0.3, 0.4) is 0 Å². The Balaban J connectivity index is 1.17. The Morgan fingerprint density at radius 1 is 0.444 bits per heavy atom. The van der Waals surface area contributed by atoms with Crippen LogP contribution < -0.4 is 17.8 Å². The van der Waals surface area contributed by atoms with Gasteiger partial charge in [0.25, 0.3) is 0 Å². The molecule has 0 saturated heterocycles. The molecule has 2 heteroatoms. The summed E-state index contributed by atoms with van der Waals surface area (Å²) in [6, 6.07) is 59.3. The van der Waals surface area contributed by atoms with Crippen LogP contribution >= 0.6 is 0 Å². The third-order valence-electron chi connectivity index (χ3n) is 9.62. The molecule has 214 valence electrons. The maximum atomic E-state index is 2.56. The first-order valence-electron chi connectivity index (χ1n) is 15.6. The Kier molecular flexibility index (Phi) is 6.66. The average molecular weight is 705 g/mol. The van der Waals surface area contributed by atoms with E-state index in [2.05, 4.69) is 164 Å². The molecule has 1 spiro atoms. The van der Waals surface area contributed by atoms with Gasteiger partial charge in [-0.3, -0.25) is 0 Å². The fourth-order valence-electron chi connectivity index (χ4n) is 7.77. The molecule has 4 aliphatic rings. The Labute approximate surface area is 277 Å². The molecule has 0 nitrogen and oxygen atoms in total. The second-order valence-corrected chi connectivity index (χ2v) is 16.9. The molecule has 0 radical (unpaired) electrons. The van der Waals surface area contributed by atoms with Crippen LogP contribution in [0.25, 0.3) is 11.1 Å². The Morgan fingerprint density at radius 2 is 0.889 bits per heavy atom. The van der Waals surface area contributed by atoms with Gasteiger partial charge in [-0.2, -0.15) is 0 Å². The standard InChI is InChI=1S/C43H30Se2/c1-3-11-32(12-4-1)44-34-23-19-29(20-24-34)31-27-40-41(30-21-25-35(26-22-30)45-33-13-5-2-6-14-33)42-36-15-7-9-17-38(36)43(40,28-31)39-18-10-8-16-37(39)42/h1-27,42H,28H2. The number of hydrogen-bond donors (Lipinski definition) is 0. The predicted octanol–water partition coefficient (Wildman–Crippen LogP) is 6.68. The van der Waals surface area contributed by atoms with Crippen LogP contribution in [-0.2, 0) is 5.41 Å². The molecule has 0 amide bonds. The maximum absolute atomic E-state index is 2.56. The first kappa shape index (κ1) is 27.2. The summed E-state index contributed by atoms with van der Waals surface area (Å²) >= 11 is 0.620.